The van der Waals surface area contributed by atoms with Crippen molar-refractivity contribution in [1.82, 2.24) is 9.88 Å². The van der Waals surface area contributed by atoms with E-state index in [9.17, 15) is 9.90 Å². The summed E-state index contributed by atoms with van der Waals surface area (Å²) in [4.78, 5) is 18.7. The molecular formula is C31H32ClN3O4. The van der Waals surface area contributed by atoms with Gasteiger partial charge in [-0.25, -0.2) is 0 Å². The Kier molecular flexibility index (Phi) is 7.46. The van der Waals surface area contributed by atoms with E-state index in [1.54, 1.807) is 0 Å². The van der Waals surface area contributed by atoms with Gasteiger partial charge in [0.15, 0.2) is 0 Å². The number of amides is 1. The van der Waals surface area contributed by atoms with Crippen LogP contribution >= 0.6 is 11.6 Å². The Labute approximate surface area is 232 Å². The molecule has 4 aromatic rings. The van der Waals surface area contributed by atoms with Gasteiger partial charge in [0.25, 0.3) is 5.91 Å². The molecule has 7 nitrogen and oxygen atoms in total. The van der Waals surface area contributed by atoms with Gasteiger partial charge in [0.1, 0.15) is 17.2 Å². The zero-order valence-corrected chi connectivity index (χ0v) is 22.4. The van der Waals surface area contributed by atoms with Crippen molar-refractivity contribution in [3.05, 3.63) is 88.6 Å². The van der Waals surface area contributed by atoms with E-state index in [0.29, 0.717) is 29.7 Å². The van der Waals surface area contributed by atoms with Gasteiger partial charge in [-0.1, -0.05) is 29.8 Å². The van der Waals surface area contributed by atoms with Crippen LogP contribution in [0.5, 0.6) is 11.5 Å². The quantitative estimate of drug-likeness (QED) is 0.267. The Morgan fingerprint density at radius 1 is 1.10 bits per heavy atom. The lowest BCUT2D eigenvalue weighted by atomic mass is 10.0. The summed E-state index contributed by atoms with van der Waals surface area (Å²) in [6.07, 6.45) is 2.50. The summed E-state index contributed by atoms with van der Waals surface area (Å²) in [5.41, 5.74) is 4.34. The summed E-state index contributed by atoms with van der Waals surface area (Å²) in [5.74, 6) is 1.45. The maximum absolute atomic E-state index is 13.0. The van der Waals surface area contributed by atoms with Crippen LogP contribution in [0.25, 0.3) is 10.9 Å². The molecule has 8 heteroatoms. The fraction of sp³-hybridized carbons (Fsp3) is 0.323. The summed E-state index contributed by atoms with van der Waals surface area (Å²) in [6, 6.07) is 21.3. The molecule has 0 aliphatic carbocycles. The predicted molar refractivity (Wildman–Crippen MR) is 153 cm³/mol. The van der Waals surface area contributed by atoms with Gasteiger partial charge in [-0.3, -0.25) is 4.79 Å². The number of nitrogens with one attached hydrogen (secondary N) is 2. The highest BCUT2D eigenvalue weighted by atomic mass is 35.5. The number of aliphatic hydroxyl groups excluding tert-OH is 1. The van der Waals surface area contributed by atoms with Crippen LogP contribution in [0.4, 0.5) is 5.69 Å². The van der Waals surface area contributed by atoms with Gasteiger partial charge in [0, 0.05) is 46.8 Å². The second-order valence-corrected chi connectivity index (χ2v) is 10.8. The van der Waals surface area contributed by atoms with Crippen LogP contribution in [0.1, 0.15) is 40.4 Å². The Balaban J connectivity index is 1.07. The first kappa shape index (κ1) is 25.7. The highest BCUT2D eigenvalue weighted by molar-refractivity contribution is 6.30. The molecule has 2 aliphatic heterocycles. The van der Waals surface area contributed by atoms with Crippen LogP contribution in [0, 0.1) is 0 Å². The minimum absolute atomic E-state index is 0.0893. The molecular weight excluding hydrogens is 514 g/mol. The number of hydrogen-bond donors (Lipinski definition) is 3. The van der Waals surface area contributed by atoms with Gasteiger partial charge in [-0.2, -0.15) is 0 Å². The van der Waals surface area contributed by atoms with Gasteiger partial charge in [0.2, 0.25) is 0 Å². The number of aliphatic hydroxyl groups is 1. The molecule has 1 saturated heterocycles. The highest BCUT2D eigenvalue weighted by Gasteiger charge is 2.25. The molecule has 202 valence electrons. The number of hydrogen-bond acceptors (Lipinski definition) is 5. The number of benzene rings is 3. The van der Waals surface area contributed by atoms with Crippen molar-refractivity contribution in [3.8, 4) is 11.5 Å². The van der Waals surface area contributed by atoms with Crippen LogP contribution in [0.3, 0.4) is 0 Å². The zero-order valence-electron chi connectivity index (χ0n) is 21.7. The standard InChI is InChI=1S/C31H32ClN3O4/c32-22-6-9-30-25(16-22)21(19-39-30)18-38-29-3-1-2-27-26(29)17-28(34-27)31(37)33-23-7-4-20(5-8-23)10-13-35-14-11-24(36)12-15-35/h1-9,16-17,21,24,34,36H,10-15,18-19H2,(H,33,37). The first-order valence-electron chi connectivity index (χ1n) is 13.5. The van der Waals surface area contributed by atoms with E-state index in [1.807, 2.05) is 54.6 Å². The van der Waals surface area contributed by atoms with Gasteiger partial charge in [-0.15, -0.1) is 0 Å². The van der Waals surface area contributed by atoms with E-state index < -0.39 is 0 Å². The highest BCUT2D eigenvalue weighted by Crippen LogP contribution is 2.37. The number of anilines is 1. The Hall–Kier alpha value is -3.52. The van der Waals surface area contributed by atoms with Crippen LogP contribution < -0.4 is 14.8 Å². The first-order valence-corrected chi connectivity index (χ1v) is 13.9. The van der Waals surface area contributed by atoms with E-state index in [1.165, 1.54) is 5.56 Å². The molecule has 3 heterocycles. The smallest absolute Gasteiger partial charge is 0.272 e. The zero-order chi connectivity index (χ0) is 26.8. The van der Waals surface area contributed by atoms with Crippen molar-refractivity contribution < 1.29 is 19.4 Å². The Bertz CT molecular complexity index is 1460. The van der Waals surface area contributed by atoms with Crippen LogP contribution in [-0.4, -0.2) is 59.8 Å². The minimum atomic E-state index is -0.204. The Morgan fingerprint density at radius 3 is 2.74 bits per heavy atom. The third kappa shape index (κ3) is 5.91. The fourth-order valence-corrected chi connectivity index (χ4v) is 5.52. The molecule has 1 fully saturated rings. The molecule has 1 amide bonds. The number of fused-ring (bicyclic) bond motifs is 2. The molecule has 1 aromatic heterocycles. The summed E-state index contributed by atoms with van der Waals surface area (Å²) in [6.45, 7) is 3.87. The molecule has 0 spiro atoms. The molecule has 2 aliphatic rings. The predicted octanol–water partition coefficient (Wildman–Crippen LogP) is 5.63. The molecule has 0 bridgehead atoms. The van der Waals surface area contributed by atoms with Crippen LogP contribution in [0.2, 0.25) is 5.02 Å². The lowest BCUT2D eigenvalue weighted by Crippen LogP contribution is -2.37. The number of nitrogens with zero attached hydrogens (tertiary/aromatic N) is 1. The lowest BCUT2D eigenvalue weighted by molar-refractivity contribution is 0.0832. The minimum Gasteiger partial charge on any atom is -0.493 e. The van der Waals surface area contributed by atoms with Crippen molar-refractivity contribution in [2.24, 2.45) is 0 Å². The number of likely N-dealkylation sites (tertiary alicyclic amines) is 1. The van der Waals surface area contributed by atoms with Crippen molar-refractivity contribution >= 4 is 34.1 Å². The third-order valence-electron chi connectivity index (χ3n) is 7.65. The van der Waals surface area contributed by atoms with Gasteiger partial charge >= 0.3 is 0 Å². The van der Waals surface area contributed by atoms with Gasteiger partial charge in [0.05, 0.1) is 25.2 Å². The van der Waals surface area contributed by atoms with E-state index in [2.05, 4.69) is 27.3 Å². The van der Waals surface area contributed by atoms with E-state index in [-0.39, 0.29) is 17.9 Å². The number of halogens is 1. The van der Waals surface area contributed by atoms with E-state index >= 15 is 0 Å². The number of piperidine rings is 1. The number of ether oxygens (including phenoxy) is 2. The maximum Gasteiger partial charge on any atom is 0.272 e. The van der Waals surface area contributed by atoms with Crippen molar-refractivity contribution in [2.75, 3.05) is 38.2 Å². The van der Waals surface area contributed by atoms with Crippen LogP contribution in [0.15, 0.2) is 66.7 Å². The van der Waals surface area contributed by atoms with E-state index in [0.717, 1.165) is 66.8 Å². The summed E-state index contributed by atoms with van der Waals surface area (Å²) < 4.78 is 12.0. The molecule has 3 aromatic carbocycles. The SMILES string of the molecule is O=C(Nc1ccc(CCN2CCC(O)CC2)cc1)c1cc2c(OCC3COc4ccc(Cl)cc43)cccc2[nH]1. The lowest BCUT2D eigenvalue weighted by Gasteiger charge is -2.29. The molecule has 0 radical (unpaired) electrons. The van der Waals surface area contributed by atoms with Crippen LogP contribution in [-0.2, 0) is 6.42 Å². The largest absolute Gasteiger partial charge is 0.493 e. The summed E-state index contributed by atoms with van der Waals surface area (Å²) in [7, 11) is 0. The summed E-state index contributed by atoms with van der Waals surface area (Å²) >= 11 is 6.18. The molecule has 1 atom stereocenters. The maximum atomic E-state index is 13.0. The van der Waals surface area contributed by atoms with Crippen molar-refractivity contribution in [1.29, 1.82) is 0 Å². The van der Waals surface area contributed by atoms with Crippen molar-refractivity contribution in [2.45, 2.75) is 31.3 Å². The van der Waals surface area contributed by atoms with Gasteiger partial charge < -0.3 is 29.8 Å². The molecule has 3 N–H and O–H groups in total. The second-order valence-electron chi connectivity index (χ2n) is 10.4. The molecule has 6 rings (SSSR count). The normalized spacial score (nSPS) is 17.6. The number of carbonyl (C=O) groups excluding carboxylic acids is 1. The average molecular weight is 546 g/mol. The number of aromatic amines is 1. The second kappa shape index (κ2) is 11.3. The number of rotatable bonds is 8. The topological polar surface area (TPSA) is 86.8 Å². The molecule has 1 unspecified atom stereocenters. The van der Waals surface area contributed by atoms with Crippen molar-refractivity contribution in [3.63, 3.8) is 0 Å². The fourth-order valence-electron chi connectivity index (χ4n) is 5.34. The Morgan fingerprint density at radius 2 is 1.92 bits per heavy atom. The van der Waals surface area contributed by atoms with E-state index in [4.69, 9.17) is 21.1 Å². The first-order chi connectivity index (χ1) is 19.0. The third-order valence-corrected chi connectivity index (χ3v) is 7.88. The number of H-pyrrole nitrogens is 1. The van der Waals surface area contributed by atoms with Gasteiger partial charge in [-0.05, 0) is 73.4 Å². The monoisotopic (exact) mass is 545 g/mol. The molecule has 0 saturated carbocycles. The number of carbonyl (C=O) groups is 1. The average Bonchev–Trinajstić information content (AvgIpc) is 3.57. The molecule has 39 heavy (non-hydrogen) atoms. The summed E-state index contributed by atoms with van der Waals surface area (Å²) in [5, 5.41) is 14.2. The number of aromatic nitrogens is 1.